The van der Waals surface area contributed by atoms with Crippen molar-refractivity contribution in [3.8, 4) is 17.6 Å². The van der Waals surface area contributed by atoms with Gasteiger partial charge < -0.3 is 14.0 Å². The molecule has 7 heteroatoms. The summed E-state index contributed by atoms with van der Waals surface area (Å²) in [6.45, 7) is 0.875. The van der Waals surface area contributed by atoms with Gasteiger partial charge in [-0.15, -0.1) is 0 Å². The van der Waals surface area contributed by atoms with Gasteiger partial charge in [-0.2, -0.15) is 5.26 Å². The van der Waals surface area contributed by atoms with E-state index in [2.05, 4.69) is 25.9 Å². The number of nitriles is 1. The first-order valence-electron chi connectivity index (χ1n) is 7.01. The van der Waals surface area contributed by atoms with Gasteiger partial charge in [-0.05, 0) is 39.7 Å². The lowest BCUT2D eigenvalue weighted by atomic mass is 10.2. The van der Waals surface area contributed by atoms with Crippen molar-refractivity contribution in [1.82, 2.24) is 14.5 Å². The van der Waals surface area contributed by atoms with Crippen molar-refractivity contribution in [2.75, 3.05) is 6.61 Å². The molecule has 0 spiro atoms. The third-order valence-electron chi connectivity index (χ3n) is 3.59. The molecule has 114 valence electrons. The summed E-state index contributed by atoms with van der Waals surface area (Å²) >= 11 is 3.40. The summed E-state index contributed by atoms with van der Waals surface area (Å²) in [4.78, 5) is 8.77. The van der Waals surface area contributed by atoms with E-state index in [1.807, 2.05) is 34.9 Å². The van der Waals surface area contributed by atoms with Crippen molar-refractivity contribution < 1.29 is 9.47 Å². The largest absolute Gasteiger partial charge is 0.485 e. The lowest BCUT2D eigenvalue weighted by molar-refractivity contribution is 0.127. The normalized spacial score (nSPS) is 16.3. The van der Waals surface area contributed by atoms with E-state index >= 15 is 0 Å². The maximum atomic E-state index is 8.89. The number of fused-ring (bicyclic) bond motifs is 2. The molecule has 0 saturated heterocycles. The Morgan fingerprint density at radius 3 is 3.09 bits per heavy atom. The number of hydrogen-bond donors (Lipinski definition) is 0. The fourth-order valence-electron chi connectivity index (χ4n) is 2.51. The predicted molar refractivity (Wildman–Crippen MR) is 86.3 cm³/mol. The van der Waals surface area contributed by atoms with Crippen molar-refractivity contribution in [2.24, 2.45) is 0 Å². The molecule has 1 aromatic carbocycles. The molecule has 0 radical (unpaired) electrons. The maximum Gasteiger partial charge on any atom is 0.218 e. The highest BCUT2D eigenvalue weighted by atomic mass is 79.9. The Labute approximate surface area is 140 Å². The second kappa shape index (κ2) is 5.56. The van der Waals surface area contributed by atoms with Crippen LogP contribution in [0.2, 0.25) is 0 Å². The Balaban J connectivity index is 1.63. The molecule has 6 nitrogen and oxygen atoms in total. The zero-order valence-corrected chi connectivity index (χ0v) is 13.5. The molecule has 1 atom stereocenters. The first kappa shape index (κ1) is 14.0. The number of halogens is 1. The summed E-state index contributed by atoms with van der Waals surface area (Å²) in [6, 6.07) is 9.69. The van der Waals surface area contributed by atoms with Crippen molar-refractivity contribution >= 4 is 27.1 Å². The molecule has 0 fully saturated rings. The molecule has 1 aliphatic heterocycles. The molecule has 23 heavy (non-hydrogen) atoms. The number of rotatable bonds is 2. The predicted octanol–water partition coefficient (Wildman–Crippen LogP) is 2.91. The van der Waals surface area contributed by atoms with E-state index in [-0.39, 0.29) is 6.61 Å². The molecule has 0 bridgehead atoms. The molecule has 3 aromatic rings. The minimum atomic E-state index is -0.548. The van der Waals surface area contributed by atoms with Gasteiger partial charge in [-0.1, -0.05) is 6.07 Å². The van der Waals surface area contributed by atoms with Gasteiger partial charge in [0.25, 0.3) is 0 Å². The van der Waals surface area contributed by atoms with Crippen LogP contribution in [-0.2, 0) is 6.54 Å². The topological polar surface area (TPSA) is 73.0 Å². The average Bonchev–Trinajstić information content (AvgIpc) is 2.96. The minimum Gasteiger partial charge on any atom is -0.485 e. The standard InChI is InChI=1S/C16H11BrN4O2/c17-11-4-13-16(19-6-11)21(9-20-13)7-10-1-2-14-15(3-10)22-8-12(5-18)23-14/h1-4,6,9,12H,7-8H2. The molecule has 0 saturated carbocycles. The molecule has 2 aromatic heterocycles. The lowest BCUT2D eigenvalue weighted by Crippen LogP contribution is -2.27. The SMILES string of the molecule is N#CC1COc2cc(Cn3cnc4cc(Br)cnc43)ccc2O1. The monoisotopic (exact) mass is 370 g/mol. The van der Waals surface area contributed by atoms with E-state index in [9.17, 15) is 0 Å². The molecule has 1 unspecified atom stereocenters. The van der Waals surface area contributed by atoms with Crippen LogP contribution in [0.5, 0.6) is 11.5 Å². The second-order valence-corrected chi connectivity index (χ2v) is 6.11. The summed E-state index contributed by atoms with van der Waals surface area (Å²) in [5.41, 5.74) is 2.72. The average molecular weight is 371 g/mol. The number of benzene rings is 1. The number of pyridine rings is 1. The summed E-state index contributed by atoms with van der Waals surface area (Å²) in [5.74, 6) is 1.26. The van der Waals surface area contributed by atoms with E-state index in [1.165, 1.54) is 0 Å². The van der Waals surface area contributed by atoms with Crippen LogP contribution in [0.3, 0.4) is 0 Å². The van der Waals surface area contributed by atoms with E-state index in [0.29, 0.717) is 18.0 Å². The van der Waals surface area contributed by atoms with Gasteiger partial charge in [0.1, 0.15) is 18.2 Å². The van der Waals surface area contributed by atoms with Gasteiger partial charge in [-0.25, -0.2) is 9.97 Å². The Bertz CT molecular complexity index is 931. The van der Waals surface area contributed by atoms with E-state index < -0.39 is 6.10 Å². The number of aromatic nitrogens is 3. The first-order chi connectivity index (χ1) is 11.2. The Hall–Kier alpha value is -2.59. The van der Waals surface area contributed by atoms with Crippen LogP contribution in [-0.4, -0.2) is 27.2 Å². The third-order valence-corrected chi connectivity index (χ3v) is 4.02. The zero-order chi connectivity index (χ0) is 15.8. The lowest BCUT2D eigenvalue weighted by Gasteiger charge is -2.22. The molecule has 4 rings (SSSR count). The fraction of sp³-hybridized carbons (Fsp3) is 0.188. The summed E-state index contributed by atoms with van der Waals surface area (Å²) in [5, 5.41) is 8.89. The number of nitrogens with zero attached hydrogens (tertiary/aromatic N) is 4. The second-order valence-electron chi connectivity index (χ2n) is 5.20. The zero-order valence-electron chi connectivity index (χ0n) is 11.9. The van der Waals surface area contributed by atoms with Crippen LogP contribution in [0, 0.1) is 11.3 Å². The van der Waals surface area contributed by atoms with Crippen LogP contribution in [0.1, 0.15) is 5.56 Å². The van der Waals surface area contributed by atoms with Crippen molar-refractivity contribution in [1.29, 1.82) is 5.26 Å². The Morgan fingerprint density at radius 1 is 1.30 bits per heavy atom. The quantitative estimate of drug-likeness (QED) is 0.693. The van der Waals surface area contributed by atoms with Crippen LogP contribution in [0.4, 0.5) is 0 Å². The highest BCUT2D eigenvalue weighted by molar-refractivity contribution is 9.10. The van der Waals surface area contributed by atoms with E-state index in [1.54, 1.807) is 12.5 Å². The molecule has 0 amide bonds. The van der Waals surface area contributed by atoms with Gasteiger partial charge >= 0.3 is 0 Å². The molecule has 3 heterocycles. The number of imidazole rings is 1. The number of hydrogen-bond acceptors (Lipinski definition) is 5. The van der Waals surface area contributed by atoms with Gasteiger partial charge in [0.2, 0.25) is 6.10 Å². The third kappa shape index (κ3) is 2.62. The Kier molecular flexibility index (Phi) is 3.39. The van der Waals surface area contributed by atoms with Crippen LogP contribution >= 0.6 is 15.9 Å². The minimum absolute atomic E-state index is 0.247. The molecule has 0 aliphatic carbocycles. The van der Waals surface area contributed by atoms with Crippen LogP contribution in [0.25, 0.3) is 11.2 Å². The Morgan fingerprint density at radius 2 is 2.22 bits per heavy atom. The molecule has 1 aliphatic rings. The van der Waals surface area contributed by atoms with Crippen molar-refractivity contribution in [3.63, 3.8) is 0 Å². The smallest absolute Gasteiger partial charge is 0.218 e. The highest BCUT2D eigenvalue weighted by Gasteiger charge is 2.20. The first-order valence-corrected chi connectivity index (χ1v) is 7.80. The maximum absolute atomic E-state index is 8.89. The van der Waals surface area contributed by atoms with Crippen molar-refractivity contribution in [3.05, 3.63) is 46.8 Å². The fourth-order valence-corrected chi connectivity index (χ4v) is 2.83. The van der Waals surface area contributed by atoms with E-state index in [4.69, 9.17) is 14.7 Å². The molecular formula is C16H11BrN4O2. The highest BCUT2D eigenvalue weighted by Crippen LogP contribution is 2.32. The van der Waals surface area contributed by atoms with Crippen LogP contribution < -0.4 is 9.47 Å². The van der Waals surface area contributed by atoms with Crippen molar-refractivity contribution in [2.45, 2.75) is 12.6 Å². The van der Waals surface area contributed by atoms with Gasteiger partial charge in [0.05, 0.1) is 12.9 Å². The summed E-state index contributed by atoms with van der Waals surface area (Å²) < 4.78 is 14.0. The van der Waals surface area contributed by atoms with Gasteiger partial charge in [0.15, 0.2) is 17.1 Å². The van der Waals surface area contributed by atoms with Gasteiger partial charge in [0, 0.05) is 10.7 Å². The summed E-state index contributed by atoms with van der Waals surface area (Å²) in [6.07, 6.45) is 2.98. The number of ether oxygens (including phenoxy) is 2. The molecular weight excluding hydrogens is 360 g/mol. The summed E-state index contributed by atoms with van der Waals surface area (Å²) in [7, 11) is 0. The van der Waals surface area contributed by atoms with Crippen LogP contribution in [0.15, 0.2) is 41.3 Å². The van der Waals surface area contributed by atoms with E-state index in [0.717, 1.165) is 21.2 Å². The van der Waals surface area contributed by atoms with Gasteiger partial charge in [-0.3, -0.25) is 0 Å². The molecule has 0 N–H and O–H groups in total.